The predicted octanol–water partition coefficient (Wildman–Crippen LogP) is 3.29. The Morgan fingerprint density at radius 3 is 2.31 bits per heavy atom. The van der Waals surface area contributed by atoms with Gasteiger partial charge < -0.3 is 4.74 Å². The second kappa shape index (κ2) is 4.28. The maximum Gasteiger partial charge on any atom is 0.160 e. The van der Waals surface area contributed by atoms with Crippen LogP contribution in [-0.2, 0) is 0 Å². The van der Waals surface area contributed by atoms with Crippen LogP contribution in [0.1, 0.15) is 41.3 Å². The molecule has 2 rings (SSSR count). The Morgan fingerprint density at radius 1 is 1.31 bits per heavy atom. The molecule has 16 heavy (non-hydrogen) atoms. The van der Waals surface area contributed by atoms with Gasteiger partial charge >= 0.3 is 0 Å². The summed E-state index contributed by atoms with van der Waals surface area (Å²) in [7, 11) is 0. The van der Waals surface area contributed by atoms with E-state index in [9.17, 15) is 4.79 Å². The lowest BCUT2D eigenvalue weighted by atomic mass is 9.99. The molecule has 0 N–H and O–H groups in total. The third-order valence-electron chi connectivity index (χ3n) is 3.04. The summed E-state index contributed by atoms with van der Waals surface area (Å²) in [6.45, 7) is 6.36. The summed E-state index contributed by atoms with van der Waals surface area (Å²) in [6, 6.07) is 3.93. The number of benzene rings is 1. The van der Waals surface area contributed by atoms with Gasteiger partial charge in [-0.3, -0.25) is 4.79 Å². The molecule has 86 valence electrons. The SMILES string of the molecule is CC(=O)c1c(C)cc(OCC2CC2)cc1C. The molecule has 0 atom stereocenters. The van der Waals surface area contributed by atoms with Gasteiger partial charge in [-0.15, -0.1) is 0 Å². The number of hydrogen-bond donors (Lipinski definition) is 0. The summed E-state index contributed by atoms with van der Waals surface area (Å²) in [5.41, 5.74) is 2.86. The van der Waals surface area contributed by atoms with Gasteiger partial charge in [0, 0.05) is 5.56 Å². The van der Waals surface area contributed by atoms with Gasteiger partial charge in [-0.1, -0.05) is 0 Å². The zero-order valence-electron chi connectivity index (χ0n) is 10.2. The number of carbonyl (C=O) groups is 1. The van der Waals surface area contributed by atoms with Crippen LogP contribution < -0.4 is 4.74 Å². The number of ether oxygens (including phenoxy) is 1. The molecule has 1 aliphatic carbocycles. The number of aryl methyl sites for hydroxylation is 2. The van der Waals surface area contributed by atoms with Crippen molar-refractivity contribution >= 4 is 5.78 Å². The van der Waals surface area contributed by atoms with Crippen LogP contribution in [-0.4, -0.2) is 12.4 Å². The Kier molecular flexibility index (Phi) is 2.99. The van der Waals surface area contributed by atoms with Crippen molar-refractivity contribution in [3.8, 4) is 5.75 Å². The van der Waals surface area contributed by atoms with Crippen molar-refractivity contribution in [1.29, 1.82) is 0 Å². The zero-order valence-corrected chi connectivity index (χ0v) is 10.2. The monoisotopic (exact) mass is 218 g/mol. The summed E-state index contributed by atoms with van der Waals surface area (Å²) in [5, 5.41) is 0. The fourth-order valence-electron chi connectivity index (χ4n) is 2.06. The first-order valence-electron chi connectivity index (χ1n) is 5.83. The molecule has 1 aromatic rings. The van der Waals surface area contributed by atoms with E-state index in [1.54, 1.807) is 6.92 Å². The Labute approximate surface area is 96.6 Å². The van der Waals surface area contributed by atoms with Crippen LogP contribution in [0.3, 0.4) is 0 Å². The van der Waals surface area contributed by atoms with Crippen molar-refractivity contribution in [3.05, 3.63) is 28.8 Å². The highest BCUT2D eigenvalue weighted by atomic mass is 16.5. The average molecular weight is 218 g/mol. The van der Waals surface area contributed by atoms with Crippen molar-refractivity contribution < 1.29 is 9.53 Å². The lowest BCUT2D eigenvalue weighted by Gasteiger charge is -2.11. The molecule has 0 aromatic heterocycles. The standard InChI is InChI=1S/C14H18O2/c1-9-6-13(16-8-12-4-5-12)7-10(2)14(9)11(3)15/h6-7,12H,4-5,8H2,1-3H3. The molecule has 0 aliphatic heterocycles. The largest absolute Gasteiger partial charge is 0.493 e. The lowest BCUT2D eigenvalue weighted by molar-refractivity contribution is 0.101. The molecule has 0 amide bonds. The van der Waals surface area contributed by atoms with Gasteiger partial charge in [0.2, 0.25) is 0 Å². The van der Waals surface area contributed by atoms with E-state index in [2.05, 4.69) is 0 Å². The summed E-state index contributed by atoms with van der Waals surface area (Å²) < 4.78 is 5.72. The molecule has 0 unspecified atom stereocenters. The van der Waals surface area contributed by atoms with Crippen LogP contribution in [0.25, 0.3) is 0 Å². The highest BCUT2D eigenvalue weighted by Gasteiger charge is 2.22. The Morgan fingerprint density at radius 2 is 1.88 bits per heavy atom. The second-order valence-electron chi connectivity index (χ2n) is 4.74. The number of hydrogen-bond acceptors (Lipinski definition) is 2. The molecular formula is C14H18O2. The average Bonchev–Trinajstić information content (AvgIpc) is 2.96. The summed E-state index contributed by atoms with van der Waals surface area (Å²) in [5.74, 6) is 1.78. The molecule has 1 aliphatic rings. The summed E-state index contributed by atoms with van der Waals surface area (Å²) in [6.07, 6.45) is 2.59. The molecule has 1 fully saturated rings. The van der Waals surface area contributed by atoms with Gasteiger partial charge in [0.05, 0.1) is 6.61 Å². The first kappa shape index (κ1) is 11.2. The maximum atomic E-state index is 11.4. The molecule has 0 radical (unpaired) electrons. The minimum Gasteiger partial charge on any atom is -0.493 e. The molecule has 2 nitrogen and oxygen atoms in total. The summed E-state index contributed by atoms with van der Waals surface area (Å²) >= 11 is 0. The molecule has 0 bridgehead atoms. The van der Waals surface area contributed by atoms with Crippen molar-refractivity contribution in [2.24, 2.45) is 5.92 Å². The van der Waals surface area contributed by atoms with E-state index in [1.165, 1.54) is 12.8 Å². The molecule has 2 heteroatoms. The van der Waals surface area contributed by atoms with Crippen molar-refractivity contribution in [2.75, 3.05) is 6.61 Å². The second-order valence-corrected chi connectivity index (χ2v) is 4.74. The van der Waals surface area contributed by atoms with E-state index >= 15 is 0 Å². The van der Waals surface area contributed by atoms with Gasteiger partial charge in [-0.25, -0.2) is 0 Å². The van der Waals surface area contributed by atoms with Gasteiger partial charge in [-0.2, -0.15) is 0 Å². The van der Waals surface area contributed by atoms with E-state index in [1.807, 2.05) is 26.0 Å². The number of Topliss-reactive ketones (excluding diaryl/α,β-unsaturated/α-hetero) is 1. The fourth-order valence-corrected chi connectivity index (χ4v) is 2.06. The molecule has 0 spiro atoms. The van der Waals surface area contributed by atoms with Gasteiger partial charge in [0.15, 0.2) is 5.78 Å². The number of carbonyl (C=O) groups excluding carboxylic acids is 1. The van der Waals surface area contributed by atoms with E-state index in [0.717, 1.165) is 35.0 Å². The van der Waals surface area contributed by atoms with Crippen LogP contribution in [0.4, 0.5) is 0 Å². The quantitative estimate of drug-likeness (QED) is 0.725. The lowest BCUT2D eigenvalue weighted by Crippen LogP contribution is -2.03. The van der Waals surface area contributed by atoms with E-state index in [-0.39, 0.29) is 5.78 Å². The van der Waals surface area contributed by atoms with E-state index in [4.69, 9.17) is 4.74 Å². The highest BCUT2D eigenvalue weighted by molar-refractivity contribution is 5.97. The predicted molar refractivity (Wildman–Crippen MR) is 64.1 cm³/mol. The van der Waals surface area contributed by atoms with Crippen LogP contribution >= 0.6 is 0 Å². The molecule has 1 aromatic carbocycles. The Balaban J connectivity index is 2.18. The first-order chi connectivity index (χ1) is 7.58. The minimum atomic E-state index is 0.128. The smallest absolute Gasteiger partial charge is 0.160 e. The fraction of sp³-hybridized carbons (Fsp3) is 0.500. The molecule has 0 saturated heterocycles. The topological polar surface area (TPSA) is 26.3 Å². The Bertz CT molecular complexity index is 394. The van der Waals surface area contributed by atoms with Crippen molar-refractivity contribution in [1.82, 2.24) is 0 Å². The van der Waals surface area contributed by atoms with Gasteiger partial charge in [0.25, 0.3) is 0 Å². The normalized spacial score (nSPS) is 14.9. The van der Waals surface area contributed by atoms with Crippen LogP contribution in [0.5, 0.6) is 5.75 Å². The number of ketones is 1. The summed E-state index contributed by atoms with van der Waals surface area (Å²) in [4.78, 5) is 11.4. The van der Waals surface area contributed by atoms with Crippen LogP contribution in [0.2, 0.25) is 0 Å². The molecule has 1 saturated carbocycles. The molecule has 0 heterocycles. The number of rotatable bonds is 4. The van der Waals surface area contributed by atoms with E-state index < -0.39 is 0 Å². The maximum absolute atomic E-state index is 11.4. The highest BCUT2D eigenvalue weighted by Crippen LogP contribution is 2.30. The van der Waals surface area contributed by atoms with Gasteiger partial charge in [0.1, 0.15) is 5.75 Å². The third-order valence-corrected chi connectivity index (χ3v) is 3.04. The van der Waals surface area contributed by atoms with Crippen molar-refractivity contribution in [3.63, 3.8) is 0 Å². The zero-order chi connectivity index (χ0) is 11.7. The van der Waals surface area contributed by atoms with Crippen LogP contribution in [0.15, 0.2) is 12.1 Å². The van der Waals surface area contributed by atoms with Crippen LogP contribution in [0, 0.1) is 19.8 Å². The molecular weight excluding hydrogens is 200 g/mol. The van der Waals surface area contributed by atoms with Crippen molar-refractivity contribution in [2.45, 2.75) is 33.6 Å². The first-order valence-corrected chi connectivity index (χ1v) is 5.83. The minimum absolute atomic E-state index is 0.128. The Hall–Kier alpha value is -1.31. The van der Waals surface area contributed by atoms with E-state index in [0.29, 0.717) is 0 Å². The van der Waals surface area contributed by atoms with Gasteiger partial charge in [-0.05, 0) is 62.8 Å². The third kappa shape index (κ3) is 2.43.